The standard InChI is InChI=1S/C34H34N4O8/c1-46-33(44)35-19-30(42)37-38(20-21-11-13-22(14-12-21)23-15-16-27(39)28(40)17-23)34(45,25-8-3-2-4-9-25)32(43)36-31-26-10-6-5-7-24(26)18-29(31)41/h2-17,29,31,39-41,45H,18-20H2,1H3,(H,35,44)(H,36,43)(H,37,42)/t29-,31+,34-/m1/s1. The predicted molar refractivity (Wildman–Crippen MR) is 167 cm³/mol. The van der Waals surface area contributed by atoms with Gasteiger partial charge in [0.15, 0.2) is 11.5 Å². The van der Waals surface area contributed by atoms with Gasteiger partial charge in [-0.25, -0.2) is 4.79 Å². The molecule has 0 unspecified atom stereocenters. The number of carbonyl (C=O) groups is 3. The van der Waals surface area contributed by atoms with Crippen LogP contribution < -0.4 is 16.1 Å². The Morgan fingerprint density at radius 2 is 1.57 bits per heavy atom. The lowest BCUT2D eigenvalue weighted by Crippen LogP contribution is -2.63. The first-order valence-corrected chi connectivity index (χ1v) is 14.4. The van der Waals surface area contributed by atoms with Crippen molar-refractivity contribution in [3.8, 4) is 22.6 Å². The first-order valence-electron chi connectivity index (χ1n) is 14.4. The topological polar surface area (TPSA) is 181 Å². The van der Waals surface area contributed by atoms with Crippen LogP contribution in [-0.2, 0) is 33.0 Å². The summed E-state index contributed by atoms with van der Waals surface area (Å²) in [5, 5.41) is 49.0. The average Bonchev–Trinajstić information content (AvgIpc) is 3.39. The van der Waals surface area contributed by atoms with E-state index in [4.69, 9.17) is 0 Å². The second kappa shape index (κ2) is 13.7. The van der Waals surface area contributed by atoms with E-state index in [1.54, 1.807) is 60.7 Å². The van der Waals surface area contributed by atoms with Gasteiger partial charge in [-0.3, -0.25) is 15.0 Å². The number of carbonyl (C=O) groups excluding carboxylic acids is 3. The van der Waals surface area contributed by atoms with Crippen LogP contribution in [-0.4, -0.2) is 63.1 Å². The van der Waals surface area contributed by atoms with Gasteiger partial charge in [-0.1, -0.05) is 84.9 Å². The maximum absolute atomic E-state index is 14.2. The average molecular weight is 627 g/mol. The molecule has 0 aliphatic heterocycles. The lowest BCUT2D eigenvalue weighted by atomic mass is 9.98. The molecule has 46 heavy (non-hydrogen) atoms. The second-order valence-electron chi connectivity index (χ2n) is 10.8. The first-order chi connectivity index (χ1) is 22.1. The van der Waals surface area contributed by atoms with Crippen molar-refractivity contribution >= 4 is 17.9 Å². The van der Waals surface area contributed by atoms with E-state index in [-0.39, 0.29) is 23.6 Å². The zero-order chi connectivity index (χ0) is 32.8. The molecule has 4 aromatic rings. The lowest BCUT2D eigenvalue weighted by molar-refractivity contribution is -0.183. The van der Waals surface area contributed by atoms with Crippen LogP contribution in [0.2, 0.25) is 0 Å². The number of amides is 3. The Hall–Kier alpha value is -5.43. The third-order valence-corrected chi connectivity index (χ3v) is 7.82. The number of methoxy groups -OCH3 is 1. The van der Waals surface area contributed by atoms with Crippen LogP contribution >= 0.6 is 0 Å². The third kappa shape index (κ3) is 6.79. The number of alkyl carbamates (subject to hydrolysis) is 1. The monoisotopic (exact) mass is 626 g/mol. The number of phenols is 2. The van der Waals surface area contributed by atoms with Crippen molar-refractivity contribution in [1.29, 1.82) is 0 Å². The highest BCUT2D eigenvalue weighted by atomic mass is 16.5. The van der Waals surface area contributed by atoms with Crippen molar-refractivity contribution in [2.45, 2.75) is 30.8 Å². The molecule has 0 saturated heterocycles. The second-order valence-corrected chi connectivity index (χ2v) is 10.8. The number of nitrogens with zero attached hydrogens (tertiary/aromatic N) is 1. The summed E-state index contributed by atoms with van der Waals surface area (Å²) < 4.78 is 4.54. The van der Waals surface area contributed by atoms with Crippen LogP contribution in [0.1, 0.15) is 28.3 Å². The molecule has 3 atom stereocenters. The molecule has 0 bridgehead atoms. The van der Waals surface area contributed by atoms with Crippen molar-refractivity contribution in [3.63, 3.8) is 0 Å². The number of fused-ring (bicyclic) bond motifs is 1. The van der Waals surface area contributed by atoms with Crippen molar-refractivity contribution in [1.82, 2.24) is 21.1 Å². The number of benzene rings is 4. The molecule has 0 radical (unpaired) electrons. The van der Waals surface area contributed by atoms with E-state index < -0.39 is 42.3 Å². The highest BCUT2D eigenvalue weighted by molar-refractivity contribution is 5.87. The van der Waals surface area contributed by atoms with Gasteiger partial charge in [0, 0.05) is 18.5 Å². The summed E-state index contributed by atoms with van der Waals surface area (Å²) >= 11 is 0. The third-order valence-electron chi connectivity index (χ3n) is 7.82. The van der Waals surface area contributed by atoms with Crippen molar-refractivity contribution in [3.05, 3.63) is 119 Å². The highest BCUT2D eigenvalue weighted by Crippen LogP contribution is 2.35. The maximum Gasteiger partial charge on any atom is 0.407 e. The largest absolute Gasteiger partial charge is 0.504 e. The lowest BCUT2D eigenvalue weighted by Gasteiger charge is -2.39. The molecule has 0 aromatic heterocycles. The van der Waals surface area contributed by atoms with Crippen LogP contribution in [0.5, 0.6) is 11.5 Å². The molecule has 0 spiro atoms. The van der Waals surface area contributed by atoms with Crippen molar-refractivity contribution < 1.29 is 39.5 Å². The molecule has 12 nitrogen and oxygen atoms in total. The van der Waals surface area contributed by atoms with Gasteiger partial charge in [-0.2, -0.15) is 5.01 Å². The Kier molecular flexibility index (Phi) is 9.52. The van der Waals surface area contributed by atoms with E-state index in [0.717, 1.165) is 17.7 Å². The van der Waals surface area contributed by atoms with Gasteiger partial charge in [0.05, 0.1) is 19.3 Å². The van der Waals surface area contributed by atoms with Crippen LogP contribution in [0.3, 0.4) is 0 Å². The number of aliphatic hydroxyl groups is 2. The fraction of sp³-hybridized carbons (Fsp3) is 0.206. The summed E-state index contributed by atoms with van der Waals surface area (Å²) in [6, 6.07) is 25.9. The molecule has 1 aliphatic rings. The normalized spacial score (nSPS) is 16.6. The molecular weight excluding hydrogens is 592 g/mol. The van der Waals surface area contributed by atoms with Crippen molar-refractivity contribution in [2.75, 3.05) is 13.7 Å². The minimum absolute atomic E-state index is 0.130. The fourth-order valence-corrected chi connectivity index (χ4v) is 5.41. The van der Waals surface area contributed by atoms with E-state index in [0.29, 0.717) is 28.7 Å². The maximum atomic E-state index is 14.2. The number of hydrogen-bond donors (Lipinski definition) is 7. The quantitative estimate of drug-likeness (QED) is 0.0791. The molecule has 4 aromatic carbocycles. The zero-order valence-corrected chi connectivity index (χ0v) is 24.9. The molecule has 0 heterocycles. The number of aliphatic hydroxyl groups excluding tert-OH is 1. The van der Waals surface area contributed by atoms with Crippen LogP contribution in [0.15, 0.2) is 97.1 Å². The Bertz CT molecular complexity index is 1720. The first kappa shape index (κ1) is 32.0. The summed E-state index contributed by atoms with van der Waals surface area (Å²) in [6.07, 6.45) is -1.47. The number of hydrogen-bond acceptors (Lipinski definition) is 9. The summed E-state index contributed by atoms with van der Waals surface area (Å²) in [4.78, 5) is 38.9. The molecule has 12 heteroatoms. The summed E-state index contributed by atoms with van der Waals surface area (Å²) in [5.41, 5.74) is 3.70. The Morgan fingerprint density at radius 1 is 0.891 bits per heavy atom. The molecule has 0 fully saturated rings. The minimum atomic E-state index is -2.50. The number of nitrogens with one attached hydrogen (secondary N) is 3. The SMILES string of the molecule is COC(=O)NCC(=O)NN(Cc1ccc(-c2ccc(O)c(O)c2)cc1)[C@](O)(C(=O)N[C@H]1c2ccccc2C[C@H]1O)c1ccccc1. The van der Waals surface area contributed by atoms with Crippen molar-refractivity contribution in [2.24, 2.45) is 0 Å². The molecule has 5 rings (SSSR count). The van der Waals surface area contributed by atoms with Gasteiger partial charge in [0.1, 0.15) is 6.54 Å². The van der Waals surface area contributed by atoms with Crippen LogP contribution in [0, 0.1) is 0 Å². The summed E-state index contributed by atoms with van der Waals surface area (Å²) in [7, 11) is 1.15. The predicted octanol–water partition coefficient (Wildman–Crippen LogP) is 2.57. The van der Waals surface area contributed by atoms with E-state index in [1.165, 1.54) is 24.3 Å². The Labute approximate surface area is 264 Å². The number of aromatic hydroxyl groups is 2. The van der Waals surface area contributed by atoms with E-state index in [2.05, 4.69) is 20.8 Å². The van der Waals surface area contributed by atoms with E-state index >= 15 is 0 Å². The summed E-state index contributed by atoms with van der Waals surface area (Å²) in [5.74, 6) is -2.18. The van der Waals surface area contributed by atoms with Gasteiger partial charge in [0.2, 0.25) is 5.72 Å². The minimum Gasteiger partial charge on any atom is -0.504 e. The van der Waals surface area contributed by atoms with Gasteiger partial charge >= 0.3 is 6.09 Å². The highest BCUT2D eigenvalue weighted by Gasteiger charge is 2.47. The molecule has 238 valence electrons. The number of phenolic OH excluding ortho intramolecular Hbond substituents is 2. The van der Waals surface area contributed by atoms with Gasteiger partial charge in [-0.05, 0) is 39.9 Å². The van der Waals surface area contributed by atoms with Crippen LogP contribution in [0.4, 0.5) is 4.79 Å². The smallest absolute Gasteiger partial charge is 0.407 e. The number of ether oxygens (including phenoxy) is 1. The Balaban J connectivity index is 1.50. The molecule has 1 aliphatic carbocycles. The summed E-state index contributed by atoms with van der Waals surface area (Å²) in [6.45, 7) is -0.707. The fourth-order valence-electron chi connectivity index (χ4n) is 5.41. The van der Waals surface area contributed by atoms with Gasteiger partial charge < -0.3 is 35.8 Å². The number of hydrazine groups is 1. The van der Waals surface area contributed by atoms with E-state index in [9.17, 15) is 34.8 Å². The molecule has 0 saturated carbocycles. The molecular formula is C34H34N4O8. The molecule has 7 N–H and O–H groups in total. The zero-order valence-electron chi connectivity index (χ0n) is 24.9. The van der Waals surface area contributed by atoms with Crippen LogP contribution in [0.25, 0.3) is 11.1 Å². The van der Waals surface area contributed by atoms with E-state index in [1.807, 2.05) is 12.1 Å². The number of rotatable bonds is 10. The van der Waals surface area contributed by atoms with Gasteiger partial charge in [-0.15, -0.1) is 0 Å². The Morgan fingerprint density at radius 3 is 2.26 bits per heavy atom. The van der Waals surface area contributed by atoms with Gasteiger partial charge in [0.25, 0.3) is 11.8 Å². The molecule has 3 amide bonds.